The quantitative estimate of drug-likeness (QED) is 0.598. The van der Waals surface area contributed by atoms with Gasteiger partial charge in [0.25, 0.3) is 0 Å². The standard InChI is InChI=1S/C12H21N3O3/c1-14(8-9-6-10(16)7-9)11(17)12(18)15-4-2-13-3-5-15/h9-10,13,16H,2-8H2,1H3. The van der Waals surface area contributed by atoms with Crippen molar-refractivity contribution >= 4 is 11.8 Å². The van der Waals surface area contributed by atoms with Crippen LogP contribution in [0.25, 0.3) is 0 Å². The zero-order chi connectivity index (χ0) is 13.1. The summed E-state index contributed by atoms with van der Waals surface area (Å²) in [5.41, 5.74) is 0. The average Bonchev–Trinajstić information content (AvgIpc) is 2.36. The number of carbonyl (C=O) groups is 2. The van der Waals surface area contributed by atoms with E-state index in [4.69, 9.17) is 0 Å². The molecule has 2 aliphatic rings. The van der Waals surface area contributed by atoms with E-state index in [-0.39, 0.29) is 6.10 Å². The van der Waals surface area contributed by atoms with Crippen LogP contribution in [-0.2, 0) is 9.59 Å². The molecule has 0 spiro atoms. The van der Waals surface area contributed by atoms with Gasteiger partial charge in [0.05, 0.1) is 6.10 Å². The molecule has 2 N–H and O–H groups in total. The topological polar surface area (TPSA) is 72.9 Å². The Labute approximate surface area is 107 Å². The van der Waals surface area contributed by atoms with Crippen LogP contribution in [-0.4, -0.2) is 72.6 Å². The minimum absolute atomic E-state index is 0.220. The van der Waals surface area contributed by atoms with Gasteiger partial charge < -0.3 is 20.2 Å². The molecule has 0 bridgehead atoms. The lowest BCUT2D eigenvalue weighted by Gasteiger charge is -2.35. The van der Waals surface area contributed by atoms with Gasteiger partial charge in [0, 0.05) is 39.8 Å². The number of aliphatic hydroxyl groups is 1. The predicted molar refractivity (Wildman–Crippen MR) is 65.8 cm³/mol. The lowest BCUT2D eigenvalue weighted by atomic mass is 9.82. The van der Waals surface area contributed by atoms with Gasteiger partial charge in [-0.2, -0.15) is 0 Å². The number of carbonyl (C=O) groups excluding carboxylic acids is 2. The molecule has 102 valence electrons. The van der Waals surface area contributed by atoms with Gasteiger partial charge in [-0.1, -0.05) is 0 Å². The Kier molecular flexibility index (Phi) is 4.19. The van der Waals surface area contributed by atoms with Crippen molar-refractivity contribution in [2.45, 2.75) is 18.9 Å². The van der Waals surface area contributed by atoms with Gasteiger partial charge in [-0.15, -0.1) is 0 Å². The van der Waals surface area contributed by atoms with Crippen LogP contribution in [0.2, 0.25) is 0 Å². The van der Waals surface area contributed by atoms with E-state index in [2.05, 4.69) is 5.32 Å². The van der Waals surface area contributed by atoms with Gasteiger partial charge in [0.1, 0.15) is 0 Å². The molecule has 6 nitrogen and oxygen atoms in total. The van der Waals surface area contributed by atoms with Gasteiger partial charge in [0.15, 0.2) is 0 Å². The molecule has 1 saturated carbocycles. The van der Waals surface area contributed by atoms with Gasteiger partial charge in [-0.25, -0.2) is 0 Å². The first-order valence-corrected chi connectivity index (χ1v) is 6.51. The molecule has 0 aromatic heterocycles. The fourth-order valence-electron chi connectivity index (χ4n) is 2.49. The second kappa shape index (κ2) is 5.67. The van der Waals surface area contributed by atoms with Gasteiger partial charge in [0.2, 0.25) is 0 Å². The van der Waals surface area contributed by atoms with Crippen LogP contribution in [0.3, 0.4) is 0 Å². The molecule has 1 heterocycles. The molecule has 0 atom stereocenters. The van der Waals surface area contributed by atoms with E-state index in [1.807, 2.05) is 0 Å². The van der Waals surface area contributed by atoms with Crippen LogP contribution in [0.5, 0.6) is 0 Å². The minimum atomic E-state index is -0.432. The maximum atomic E-state index is 12.0. The number of rotatable bonds is 2. The number of hydrogen-bond donors (Lipinski definition) is 2. The Bertz CT molecular complexity index is 323. The Morgan fingerprint density at radius 1 is 1.33 bits per heavy atom. The smallest absolute Gasteiger partial charge is 0.312 e. The molecule has 0 aromatic rings. The molecule has 2 amide bonds. The number of amides is 2. The lowest BCUT2D eigenvalue weighted by Crippen LogP contribution is -2.52. The van der Waals surface area contributed by atoms with E-state index in [9.17, 15) is 14.7 Å². The summed E-state index contributed by atoms with van der Waals surface area (Å²) in [5, 5.41) is 12.3. The van der Waals surface area contributed by atoms with Crippen LogP contribution < -0.4 is 5.32 Å². The highest BCUT2D eigenvalue weighted by Crippen LogP contribution is 2.27. The Balaban J connectivity index is 1.79. The van der Waals surface area contributed by atoms with E-state index in [0.29, 0.717) is 25.6 Å². The Morgan fingerprint density at radius 3 is 2.50 bits per heavy atom. The fourth-order valence-corrected chi connectivity index (χ4v) is 2.49. The summed E-state index contributed by atoms with van der Waals surface area (Å²) in [5.74, 6) is -0.498. The van der Waals surface area contributed by atoms with Crippen LogP contribution in [0, 0.1) is 5.92 Å². The number of aliphatic hydroxyl groups excluding tert-OH is 1. The monoisotopic (exact) mass is 255 g/mol. The largest absolute Gasteiger partial charge is 0.393 e. The number of piperazine rings is 1. The summed E-state index contributed by atoms with van der Waals surface area (Å²) in [6, 6.07) is 0. The first-order chi connectivity index (χ1) is 8.58. The summed E-state index contributed by atoms with van der Waals surface area (Å²) >= 11 is 0. The number of nitrogens with one attached hydrogen (secondary N) is 1. The van der Waals surface area contributed by atoms with Gasteiger partial charge in [-0.3, -0.25) is 9.59 Å². The van der Waals surface area contributed by atoms with Crippen molar-refractivity contribution < 1.29 is 14.7 Å². The Morgan fingerprint density at radius 2 is 1.94 bits per heavy atom. The van der Waals surface area contributed by atoms with Crippen LogP contribution in [0.1, 0.15) is 12.8 Å². The second-order valence-electron chi connectivity index (χ2n) is 5.22. The van der Waals surface area contributed by atoms with Crippen LogP contribution >= 0.6 is 0 Å². The van der Waals surface area contributed by atoms with Gasteiger partial charge in [-0.05, 0) is 18.8 Å². The molecule has 0 aromatic carbocycles. The molecule has 2 rings (SSSR count). The number of hydrogen-bond acceptors (Lipinski definition) is 4. The molecule has 0 unspecified atom stereocenters. The third-order valence-corrected chi connectivity index (χ3v) is 3.68. The number of nitrogens with zero attached hydrogens (tertiary/aromatic N) is 2. The van der Waals surface area contributed by atoms with E-state index in [1.165, 1.54) is 4.90 Å². The van der Waals surface area contributed by atoms with Crippen molar-refractivity contribution in [1.29, 1.82) is 0 Å². The molecule has 18 heavy (non-hydrogen) atoms. The normalized spacial score (nSPS) is 27.6. The highest BCUT2D eigenvalue weighted by molar-refractivity contribution is 6.34. The first kappa shape index (κ1) is 13.3. The summed E-state index contributed by atoms with van der Waals surface area (Å²) < 4.78 is 0. The molecular weight excluding hydrogens is 234 g/mol. The molecule has 2 fully saturated rings. The predicted octanol–water partition coefficient (Wildman–Crippen LogP) is -1.35. The van der Waals surface area contributed by atoms with Crippen molar-refractivity contribution in [3.63, 3.8) is 0 Å². The van der Waals surface area contributed by atoms with Crippen molar-refractivity contribution in [2.24, 2.45) is 5.92 Å². The Hall–Kier alpha value is -1.14. The molecule has 1 aliphatic heterocycles. The maximum Gasteiger partial charge on any atom is 0.312 e. The maximum absolute atomic E-state index is 12.0. The average molecular weight is 255 g/mol. The van der Waals surface area contributed by atoms with E-state index < -0.39 is 11.8 Å². The third kappa shape index (κ3) is 3.00. The molecule has 0 radical (unpaired) electrons. The van der Waals surface area contributed by atoms with Crippen molar-refractivity contribution in [2.75, 3.05) is 39.8 Å². The van der Waals surface area contributed by atoms with Gasteiger partial charge >= 0.3 is 11.8 Å². The lowest BCUT2D eigenvalue weighted by molar-refractivity contribution is -0.152. The van der Waals surface area contributed by atoms with Crippen molar-refractivity contribution in [3.05, 3.63) is 0 Å². The van der Waals surface area contributed by atoms with Crippen LogP contribution in [0.4, 0.5) is 0 Å². The van der Waals surface area contributed by atoms with E-state index >= 15 is 0 Å². The fraction of sp³-hybridized carbons (Fsp3) is 0.833. The number of likely N-dealkylation sites (N-methyl/N-ethyl adjacent to an activating group) is 1. The zero-order valence-corrected chi connectivity index (χ0v) is 10.8. The van der Waals surface area contributed by atoms with Crippen molar-refractivity contribution in [1.82, 2.24) is 15.1 Å². The third-order valence-electron chi connectivity index (χ3n) is 3.68. The van der Waals surface area contributed by atoms with Crippen LogP contribution in [0.15, 0.2) is 0 Å². The first-order valence-electron chi connectivity index (χ1n) is 6.51. The van der Waals surface area contributed by atoms with Crippen molar-refractivity contribution in [3.8, 4) is 0 Å². The minimum Gasteiger partial charge on any atom is -0.393 e. The molecule has 1 saturated heterocycles. The summed E-state index contributed by atoms with van der Waals surface area (Å²) in [7, 11) is 1.66. The zero-order valence-electron chi connectivity index (χ0n) is 10.8. The SMILES string of the molecule is CN(CC1CC(O)C1)C(=O)C(=O)N1CCNCC1. The highest BCUT2D eigenvalue weighted by atomic mass is 16.3. The summed E-state index contributed by atoms with van der Waals surface area (Å²) in [6.07, 6.45) is 1.25. The second-order valence-corrected chi connectivity index (χ2v) is 5.22. The molecule has 1 aliphatic carbocycles. The molecule has 6 heteroatoms. The summed E-state index contributed by atoms with van der Waals surface area (Å²) in [4.78, 5) is 27.0. The van der Waals surface area contributed by atoms with E-state index in [0.717, 1.165) is 25.9 Å². The van der Waals surface area contributed by atoms with E-state index in [1.54, 1.807) is 11.9 Å². The summed E-state index contributed by atoms with van der Waals surface area (Å²) in [6.45, 7) is 3.25. The molecular formula is C12H21N3O3. The highest BCUT2D eigenvalue weighted by Gasteiger charge is 2.32.